The Labute approximate surface area is 169 Å². The van der Waals surface area contributed by atoms with Gasteiger partial charge in [-0.05, 0) is 23.8 Å². The summed E-state index contributed by atoms with van der Waals surface area (Å²) in [7, 11) is 0. The molecule has 1 aliphatic rings. The number of benzene rings is 2. The normalized spacial score (nSPS) is 17.2. The summed E-state index contributed by atoms with van der Waals surface area (Å²) in [6.45, 7) is 1.61. The van der Waals surface area contributed by atoms with Gasteiger partial charge in [-0.25, -0.2) is 14.2 Å². The predicted octanol–water partition coefficient (Wildman–Crippen LogP) is 4.49. The number of hydrogen-bond acceptors (Lipinski definition) is 7. The van der Waals surface area contributed by atoms with E-state index < -0.39 is 18.1 Å². The van der Waals surface area contributed by atoms with Crippen LogP contribution in [-0.4, -0.2) is 28.1 Å². The van der Waals surface area contributed by atoms with Gasteiger partial charge in [-0.15, -0.1) is 10.2 Å². The van der Waals surface area contributed by atoms with E-state index in [1.165, 1.54) is 23.5 Å². The largest absolute Gasteiger partial charge is 0.411 e. The molecule has 0 unspecified atom stereocenters. The number of anilines is 1. The first-order valence-corrected chi connectivity index (χ1v) is 9.57. The Bertz CT molecular complexity index is 1050. The van der Waals surface area contributed by atoms with Crippen molar-refractivity contribution >= 4 is 39.9 Å². The summed E-state index contributed by atoms with van der Waals surface area (Å²) in [6, 6.07) is 11.8. The molecule has 0 spiro atoms. The molecule has 0 fully saturated rings. The minimum atomic E-state index is -0.807. The van der Waals surface area contributed by atoms with Crippen molar-refractivity contribution in [2.75, 3.05) is 5.32 Å². The van der Waals surface area contributed by atoms with Crippen LogP contribution in [0, 0.1) is 5.82 Å². The van der Waals surface area contributed by atoms with Crippen LogP contribution in [0.4, 0.5) is 9.52 Å². The molecular weight excluding hydrogens is 403 g/mol. The third-order valence-electron chi connectivity index (χ3n) is 4.16. The zero-order valence-corrected chi connectivity index (χ0v) is 16.2. The summed E-state index contributed by atoms with van der Waals surface area (Å²) < 4.78 is 18.4. The van der Waals surface area contributed by atoms with Crippen molar-refractivity contribution in [2.24, 2.45) is 4.99 Å². The number of cyclic esters (lactones) is 1. The zero-order chi connectivity index (χ0) is 19.7. The van der Waals surface area contributed by atoms with Gasteiger partial charge < -0.3 is 10.1 Å². The third-order valence-corrected chi connectivity index (χ3v) is 5.38. The summed E-state index contributed by atoms with van der Waals surface area (Å²) in [4.78, 5) is 16.5. The van der Waals surface area contributed by atoms with Crippen molar-refractivity contribution in [3.8, 4) is 10.6 Å². The van der Waals surface area contributed by atoms with Gasteiger partial charge in [0.1, 0.15) is 5.82 Å². The Morgan fingerprint density at radius 1 is 1.18 bits per heavy atom. The lowest BCUT2D eigenvalue weighted by molar-refractivity contribution is -0.135. The SMILES string of the molecule is CC1=N[C@@H]([C@H](Nc2nnc(-c3ccccc3Cl)s2)c2ccc(F)cc2)C(=O)O1. The second-order valence-electron chi connectivity index (χ2n) is 6.08. The number of esters is 1. The summed E-state index contributed by atoms with van der Waals surface area (Å²) in [5.74, 6) is -0.554. The van der Waals surface area contributed by atoms with Gasteiger partial charge >= 0.3 is 5.97 Å². The average Bonchev–Trinajstić information content (AvgIpc) is 3.27. The molecule has 2 aromatic carbocycles. The molecule has 1 aliphatic heterocycles. The lowest BCUT2D eigenvalue weighted by Gasteiger charge is -2.20. The first kappa shape index (κ1) is 18.5. The Morgan fingerprint density at radius 3 is 2.61 bits per heavy atom. The van der Waals surface area contributed by atoms with Gasteiger partial charge in [-0.3, -0.25) is 0 Å². The molecule has 0 saturated carbocycles. The van der Waals surface area contributed by atoms with E-state index in [9.17, 15) is 9.18 Å². The van der Waals surface area contributed by atoms with E-state index in [0.717, 1.165) is 5.56 Å². The summed E-state index contributed by atoms with van der Waals surface area (Å²) in [5, 5.41) is 13.2. The lowest BCUT2D eigenvalue weighted by atomic mass is 10.00. The van der Waals surface area contributed by atoms with Crippen molar-refractivity contribution in [3.63, 3.8) is 0 Å². The van der Waals surface area contributed by atoms with Gasteiger partial charge in [0.15, 0.2) is 16.9 Å². The number of nitrogens with zero attached hydrogens (tertiary/aromatic N) is 3. The summed E-state index contributed by atoms with van der Waals surface area (Å²) >= 11 is 7.52. The highest BCUT2D eigenvalue weighted by molar-refractivity contribution is 7.18. The topological polar surface area (TPSA) is 76.5 Å². The maximum absolute atomic E-state index is 13.3. The Balaban J connectivity index is 1.66. The van der Waals surface area contributed by atoms with Gasteiger partial charge in [0.2, 0.25) is 5.13 Å². The molecule has 142 valence electrons. The molecule has 0 radical (unpaired) electrons. The first-order valence-electron chi connectivity index (χ1n) is 8.38. The maximum Gasteiger partial charge on any atom is 0.339 e. The molecule has 6 nitrogen and oxygen atoms in total. The van der Waals surface area contributed by atoms with Gasteiger partial charge in [0.25, 0.3) is 0 Å². The molecule has 2 heterocycles. The molecule has 9 heteroatoms. The fourth-order valence-corrected chi connectivity index (χ4v) is 3.97. The van der Waals surface area contributed by atoms with Crippen LogP contribution >= 0.6 is 22.9 Å². The number of carbonyl (C=O) groups excluding carboxylic acids is 1. The molecule has 4 rings (SSSR count). The van der Waals surface area contributed by atoms with Crippen LogP contribution in [0.1, 0.15) is 18.5 Å². The van der Waals surface area contributed by atoms with Gasteiger partial charge in [0.05, 0.1) is 11.1 Å². The molecule has 0 aliphatic carbocycles. The van der Waals surface area contributed by atoms with Crippen LogP contribution in [0.2, 0.25) is 5.02 Å². The molecule has 3 aromatic rings. The number of nitrogens with one attached hydrogen (secondary N) is 1. The van der Waals surface area contributed by atoms with Crippen LogP contribution in [0.3, 0.4) is 0 Å². The highest BCUT2D eigenvalue weighted by Crippen LogP contribution is 2.34. The van der Waals surface area contributed by atoms with Crippen molar-refractivity contribution in [2.45, 2.75) is 19.0 Å². The summed E-state index contributed by atoms with van der Waals surface area (Å²) in [6.07, 6.45) is 0. The molecule has 0 bridgehead atoms. The van der Waals surface area contributed by atoms with Crippen molar-refractivity contribution in [3.05, 3.63) is 64.9 Å². The Morgan fingerprint density at radius 2 is 1.93 bits per heavy atom. The number of aliphatic imine (C=N–C) groups is 1. The predicted molar refractivity (Wildman–Crippen MR) is 106 cm³/mol. The van der Waals surface area contributed by atoms with E-state index in [1.807, 2.05) is 18.2 Å². The monoisotopic (exact) mass is 416 g/mol. The third kappa shape index (κ3) is 3.74. The Hall–Kier alpha value is -2.84. The van der Waals surface area contributed by atoms with E-state index in [2.05, 4.69) is 20.5 Å². The van der Waals surface area contributed by atoms with Crippen LogP contribution < -0.4 is 5.32 Å². The van der Waals surface area contributed by atoms with E-state index in [-0.39, 0.29) is 11.7 Å². The number of aromatic nitrogens is 2. The van der Waals surface area contributed by atoms with E-state index in [4.69, 9.17) is 16.3 Å². The highest BCUT2D eigenvalue weighted by atomic mass is 35.5. The van der Waals surface area contributed by atoms with Crippen molar-refractivity contribution in [1.82, 2.24) is 10.2 Å². The fourth-order valence-electron chi connectivity index (χ4n) is 2.86. The molecule has 1 aromatic heterocycles. The quantitative estimate of drug-likeness (QED) is 0.620. The molecule has 2 atom stereocenters. The van der Waals surface area contributed by atoms with E-state index in [0.29, 0.717) is 20.7 Å². The zero-order valence-electron chi connectivity index (χ0n) is 14.6. The van der Waals surface area contributed by atoms with Crippen LogP contribution in [0.5, 0.6) is 0 Å². The molecule has 0 amide bonds. The van der Waals surface area contributed by atoms with E-state index >= 15 is 0 Å². The van der Waals surface area contributed by atoms with Crippen molar-refractivity contribution < 1.29 is 13.9 Å². The van der Waals surface area contributed by atoms with Gasteiger partial charge in [-0.1, -0.05) is 53.3 Å². The number of rotatable bonds is 5. The van der Waals surface area contributed by atoms with Crippen molar-refractivity contribution in [1.29, 1.82) is 0 Å². The van der Waals surface area contributed by atoms with Crippen LogP contribution in [0.15, 0.2) is 53.5 Å². The number of halogens is 2. The van der Waals surface area contributed by atoms with Gasteiger partial charge in [0, 0.05) is 12.5 Å². The van der Waals surface area contributed by atoms with Crippen LogP contribution in [-0.2, 0) is 9.53 Å². The molecular formula is C19H14ClFN4O2S. The minimum Gasteiger partial charge on any atom is -0.411 e. The average molecular weight is 417 g/mol. The number of hydrogen-bond donors (Lipinski definition) is 1. The minimum absolute atomic E-state index is 0.290. The molecule has 0 saturated heterocycles. The van der Waals surface area contributed by atoms with E-state index in [1.54, 1.807) is 25.1 Å². The summed E-state index contributed by atoms with van der Waals surface area (Å²) in [5.41, 5.74) is 1.44. The highest BCUT2D eigenvalue weighted by Gasteiger charge is 2.36. The smallest absolute Gasteiger partial charge is 0.339 e. The molecule has 28 heavy (non-hydrogen) atoms. The van der Waals surface area contributed by atoms with Crippen LogP contribution in [0.25, 0.3) is 10.6 Å². The Kier molecular flexibility index (Phi) is 5.06. The number of carbonyl (C=O) groups is 1. The number of ether oxygens (including phenoxy) is 1. The lowest BCUT2D eigenvalue weighted by Crippen LogP contribution is -2.29. The second kappa shape index (κ2) is 7.65. The molecule has 1 N–H and O–H groups in total. The first-order chi connectivity index (χ1) is 13.5. The van der Waals surface area contributed by atoms with Gasteiger partial charge in [-0.2, -0.15) is 0 Å². The standard InChI is InChI=1S/C19H14ClFN4O2S/c1-10-22-16(18(26)27-10)15(11-6-8-12(21)9-7-11)23-19-25-24-17(28-19)13-4-2-3-5-14(13)20/h2-9,15-16H,1H3,(H,23,25)/t15-,16+/m1/s1. The fraction of sp³-hybridized carbons (Fsp3) is 0.158. The second-order valence-corrected chi connectivity index (χ2v) is 7.46. The maximum atomic E-state index is 13.3.